The van der Waals surface area contributed by atoms with Crippen LogP contribution in [0.15, 0.2) is 30.3 Å². The zero-order valence-corrected chi connectivity index (χ0v) is 13.6. The SMILES string of the molecule is CC(C)C1CN(CC2CCCC2)C(c2ccccc2)CN1. The Balaban J connectivity index is 1.73. The van der Waals surface area contributed by atoms with Crippen molar-refractivity contribution < 1.29 is 0 Å². The average Bonchev–Trinajstić information content (AvgIpc) is 3.01. The van der Waals surface area contributed by atoms with Crippen LogP contribution in [-0.2, 0) is 0 Å². The van der Waals surface area contributed by atoms with Crippen LogP contribution in [-0.4, -0.2) is 30.6 Å². The van der Waals surface area contributed by atoms with E-state index in [9.17, 15) is 0 Å². The van der Waals surface area contributed by atoms with E-state index in [2.05, 4.69) is 54.4 Å². The summed E-state index contributed by atoms with van der Waals surface area (Å²) >= 11 is 0. The number of piperazine rings is 1. The van der Waals surface area contributed by atoms with Gasteiger partial charge in [-0.25, -0.2) is 0 Å². The highest BCUT2D eigenvalue weighted by Crippen LogP contribution is 2.31. The lowest BCUT2D eigenvalue weighted by Gasteiger charge is -2.43. The van der Waals surface area contributed by atoms with E-state index >= 15 is 0 Å². The van der Waals surface area contributed by atoms with Crippen molar-refractivity contribution in [2.45, 2.75) is 51.6 Å². The van der Waals surface area contributed by atoms with E-state index in [4.69, 9.17) is 0 Å². The fourth-order valence-corrected chi connectivity index (χ4v) is 4.01. The van der Waals surface area contributed by atoms with Gasteiger partial charge in [0.15, 0.2) is 0 Å². The van der Waals surface area contributed by atoms with E-state index in [1.807, 2.05) is 0 Å². The van der Waals surface area contributed by atoms with Gasteiger partial charge < -0.3 is 5.32 Å². The van der Waals surface area contributed by atoms with E-state index in [0.717, 1.165) is 12.5 Å². The predicted molar refractivity (Wildman–Crippen MR) is 89.3 cm³/mol. The summed E-state index contributed by atoms with van der Waals surface area (Å²) in [6.45, 7) is 8.28. The molecule has 2 heteroatoms. The molecule has 2 atom stereocenters. The molecule has 1 aliphatic heterocycles. The van der Waals surface area contributed by atoms with Crippen molar-refractivity contribution in [1.29, 1.82) is 0 Å². The monoisotopic (exact) mass is 286 g/mol. The van der Waals surface area contributed by atoms with Crippen LogP contribution in [0.2, 0.25) is 0 Å². The van der Waals surface area contributed by atoms with Crippen LogP contribution in [0.1, 0.15) is 51.1 Å². The van der Waals surface area contributed by atoms with Crippen molar-refractivity contribution in [2.75, 3.05) is 19.6 Å². The lowest BCUT2D eigenvalue weighted by molar-refractivity contribution is 0.0959. The molecule has 1 aliphatic carbocycles. The topological polar surface area (TPSA) is 15.3 Å². The number of hydrogen-bond acceptors (Lipinski definition) is 2. The molecule has 0 spiro atoms. The summed E-state index contributed by atoms with van der Waals surface area (Å²) in [5, 5.41) is 3.78. The van der Waals surface area contributed by atoms with Gasteiger partial charge in [-0.1, -0.05) is 57.0 Å². The largest absolute Gasteiger partial charge is 0.311 e. The Morgan fingerprint density at radius 2 is 1.86 bits per heavy atom. The Morgan fingerprint density at radius 3 is 2.52 bits per heavy atom. The van der Waals surface area contributed by atoms with Crippen LogP contribution in [0.25, 0.3) is 0 Å². The van der Waals surface area contributed by atoms with E-state index < -0.39 is 0 Å². The third-order valence-corrected chi connectivity index (χ3v) is 5.40. The first-order valence-corrected chi connectivity index (χ1v) is 8.76. The number of benzene rings is 1. The van der Waals surface area contributed by atoms with Gasteiger partial charge in [-0.2, -0.15) is 0 Å². The molecular weight excluding hydrogens is 256 g/mol. The second kappa shape index (κ2) is 6.93. The molecule has 1 saturated heterocycles. The third kappa shape index (κ3) is 3.67. The molecule has 0 radical (unpaired) electrons. The Labute approximate surface area is 129 Å². The average molecular weight is 286 g/mol. The zero-order valence-electron chi connectivity index (χ0n) is 13.6. The molecule has 1 saturated carbocycles. The molecule has 2 fully saturated rings. The summed E-state index contributed by atoms with van der Waals surface area (Å²) in [5.41, 5.74) is 1.48. The lowest BCUT2D eigenvalue weighted by atomic mass is 9.94. The highest BCUT2D eigenvalue weighted by atomic mass is 15.2. The summed E-state index contributed by atoms with van der Waals surface area (Å²) in [4.78, 5) is 2.77. The number of nitrogens with one attached hydrogen (secondary N) is 1. The van der Waals surface area contributed by atoms with E-state index in [0.29, 0.717) is 18.0 Å². The molecule has 0 amide bonds. The quantitative estimate of drug-likeness (QED) is 0.904. The van der Waals surface area contributed by atoms with Crippen molar-refractivity contribution >= 4 is 0 Å². The molecule has 1 heterocycles. The van der Waals surface area contributed by atoms with Gasteiger partial charge in [0.05, 0.1) is 0 Å². The molecule has 21 heavy (non-hydrogen) atoms. The van der Waals surface area contributed by atoms with Crippen molar-refractivity contribution in [3.05, 3.63) is 35.9 Å². The molecular formula is C19H30N2. The first kappa shape index (κ1) is 15.1. The first-order valence-electron chi connectivity index (χ1n) is 8.76. The molecule has 116 valence electrons. The molecule has 3 rings (SSSR count). The summed E-state index contributed by atoms with van der Waals surface area (Å²) in [6.07, 6.45) is 5.77. The van der Waals surface area contributed by atoms with Gasteiger partial charge in [-0.05, 0) is 30.2 Å². The Bertz CT molecular complexity index is 420. The van der Waals surface area contributed by atoms with Crippen LogP contribution in [0, 0.1) is 11.8 Å². The minimum atomic E-state index is 0.557. The number of hydrogen-bond donors (Lipinski definition) is 1. The van der Waals surface area contributed by atoms with E-state index in [1.165, 1.54) is 44.3 Å². The summed E-state index contributed by atoms with van der Waals surface area (Å²) < 4.78 is 0. The smallest absolute Gasteiger partial charge is 0.0473 e. The van der Waals surface area contributed by atoms with Gasteiger partial charge >= 0.3 is 0 Å². The van der Waals surface area contributed by atoms with Crippen molar-refractivity contribution in [1.82, 2.24) is 10.2 Å². The lowest BCUT2D eigenvalue weighted by Crippen LogP contribution is -2.55. The van der Waals surface area contributed by atoms with Crippen LogP contribution >= 0.6 is 0 Å². The van der Waals surface area contributed by atoms with Crippen LogP contribution in [0.4, 0.5) is 0 Å². The van der Waals surface area contributed by atoms with Crippen LogP contribution in [0.5, 0.6) is 0 Å². The molecule has 1 N–H and O–H groups in total. The molecule has 1 aromatic rings. The summed E-state index contributed by atoms with van der Waals surface area (Å²) in [7, 11) is 0. The molecule has 2 nitrogen and oxygen atoms in total. The fraction of sp³-hybridized carbons (Fsp3) is 0.684. The van der Waals surface area contributed by atoms with Crippen molar-refractivity contribution in [3.8, 4) is 0 Å². The van der Waals surface area contributed by atoms with Gasteiger partial charge in [-0.3, -0.25) is 4.90 Å². The van der Waals surface area contributed by atoms with Gasteiger partial charge in [0.2, 0.25) is 0 Å². The molecule has 2 unspecified atom stereocenters. The van der Waals surface area contributed by atoms with Gasteiger partial charge in [0, 0.05) is 31.7 Å². The second-order valence-corrected chi connectivity index (χ2v) is 7.29. The Morgan fingerprint density at radius 1 is 1.14 bits per heavy atom. The van der Waals surface area contributed by atoms with Gasteiger partial charge in [-0.15, -0.1) is 0 Å². The van der Waals surface area contributed by atoms with Gasteiger partial charge in [0.25, 0.3) is 0 Å². The standard InChI is InChI=1S/C19H30N2/c1-15(2)18-14-21(13-16-8-6-7-9-16)19(12-20-18)17-10-4-3-5-11-17/h3-5,10-11,15-16,18-20H,6-9,12-14H2,1-2H3. The molecule has 2 aliphatic rings. The number of nitrogens with zero attached hydrogens (tertiary/aromatic N) is 1. The normalized spacial score (nSPS) is 28.3. The highest BCUT2D eigenvalue weighted by Gasteiger charge is 2.32. The van der Waals surface area contributed by atoms with Gasteiger partial charge in [0.1, 0.15) is 0 Å². The Kier molecular flexibility index (Phi) is 4.97. The van der Waals surface area contributed by atoms with Crippen LogP contribution in [0.3, 0.4) is 0 Å². The maximum atomic E-state index is 3.78. The first-order chi connectivity index (χ1) is 10.2. The number of rotatable bonds is 4. The highest BCUT2D eigenvalue weighted by molar-refractivity contribution is 5.20. The van der Waals surface area contributed by atoms with E-state index in [-0.39, 0.29) is 0 Å². The molecule has 0 bridgehead atoms. The zero-order chi connectivity index (χ0) is 14.7. The maximum absolute atomic E-state index is 3.78. The van der Waals surface area contributed by atoms with Crippen molar-refractivity contribution in [3.63, 3.8) is 0 Å². The third-order valence-electron chi connectivity index (χ3n) is 5.40. The minimum Gasteiger partial charge on any atom is -0.311 e. The molecule has 1 aromatic carbocycles. The van der Waals surface area contributed by atoms with Crippen LogP contribution < -0.4 is 5.32 Å². The molecule has 0 aromatic heterocycles. The summed E-state index contributed by atoms with van der Waals surface area (Å²) in [6, 6.07) is 12.3. The Hall–Kier alpha value is -0.860. The predicted octanol–water partition coefficient (Wildman–Crippen LogP) is 3.85. The second-order valence-electron chi connectivity index (χ2n) is 7.29. The summed E-state index contributed by atoms with van der Waals surface area (Å²) in [5.74, 6) is 1.65. The fourth-order valence-electron chi connectivity index (χ4n) is 4.01. The van der Waals surface area contributed by atoms with Crippen molar-refractivity contribution in [2.24, 2.45) is 11.8 Å². The minimum absolute atomic E-state index is 0.557. The maximum Gasteiger partial charge on any atom is 0.0473 e. The van der Waals surface area contributed by atoms with E-state index in [1.54, 1.807) is 0 Å².